The van der Waals surface area contributed by atoms with Crippen LogP contribution in [0.1, 0.15) is 5.76 Å². The lowest BCUT2D eigenvalue weighted by Gasteiger charge is -2.03. The Balaban J connectivity index is 1.83. The highest BCUT2D eigenvalue weighted by Gasteiger charge is 2.07. The van der Waals surface area contributed by atoms with E-state index < -0.39 is 5.91 Å². The third-order valence-corrected chi connectivity index (χ3v) is 2.75. The fourth-order valence-corrected chi connectivity index (χ4v) is 1.87. The molecule has 1 aromatic heterocycles. The quantitative estimate of drug-likeness (QED) is 0.704. The molecule has 0 atom stereocenters. The molecule has 0 saturated carbocycles. The molecular weight excluding hydrogens is 260 g/mol. The molecule has 6 heteroatoms. The summed E-state index contributed by atoms with van der Waals surface area (Å²) in [6.45, 7) is 1.56. The predicted molar refractivity (Wildman–Crippen MR) is 74.5 cm³/mol. The molecule has 2 rings (SSSR count). The number of amides is 1. The van der Waals surface area contributed by atoms with Crippen molar-refractivity contribution in [1.82, 2.24) is 5.32 Å². The fourth-order valence-electron chi connectivity index (χ4n) is 1.87. The van der Waals surface area contributed by atoms with E-state index in [4.69, 9.17) is 19.6 Å². The average molecular weight is 278 g/mol. The van der Waals surface area contributed by atoms with E-state index >= 15 is 0 Å². The molecule has 0 aliphatic heterocycles. The van der Waals surface area contributed by atoms with Gasteiger partial charge in [-0.2, -0.15) is 0 Å². The summed E-state index contributed by atoms with van der Waals surface area (Å²) in [6, 6.07) is 7.72. The van der Waals surface area contributed by atoms with Crippen LogP contribution in [0.4, 0.5) is 0 Å². The van der Waals surface area contributed by atoms with Crippen LogP contribution in [0, 0.1) is 0 Å². The molecule has 108 valence electrons. The van der Waals surface area contributed by atoms with Crippen molar-refractivity contribution in [3.8, 4) is 5.75 Å². The van der Waals surface area contributed by atoms with Crippen LogP contribution in [-0.2, 0) is 16.1 Å². The third kappa shape index (κ3) is 3.72. The first kappa shape index (κ1) is 14.4. The van der Waals surface area contributed by atoms with Crippen molar-refractivity contribution in [2.75, 3.05) is 26.9 Å². The number of fused-ring (bicyclic) bond motifs is 1. The smallest absolute Gasteiger partial charge is 0.243 e. The van der Waals surface area contributed by atoms with Gasteiger partial charge in [-0.05, 0) is 12.1 Å². The maximum atomic E-state index is 10.5. The lowest BCUT2D eigenvalue weighted by atomic mass is 10.2. The molecule has 1 amide bonds. The van der Waals surface area contributed by atoms with E-state index in [1.165, 1.54) is 0 Å². The Kier molecular flexibility index (Phi) is 4.97. The SMILES string of the molecule is COc1cccc2cc(CNCCOCC(N)=O)oc12. The van der Waals surface area contributed by atoms with E-state index in [0.717, 1.165) is 22.5 Å². The molecule has 1 heterocycles. The molecule has 2 aromatic rings. The minimum atomic E-state index is -0.464. The molecule has 3 N–H and O–H groups in total. The second kappa shape index (κ2) is 6.93. The highest BCUT2D eigenvalue weighted by molar-refractivity contribution is 5.83. The van der Waals surface area contributed by atoms with Gasteiger partial charge in [-0.15, -0.1) is 0 Å². The Morgan fingerprint density at radius 1 is 1.45 bits per heavy atom. The molecule has 0 spiro atoms. The first-order chi connectivity index (χ1) is 9.70. The zero-order valence-corrected chi connectivity index (χ0v) is 11.3. The number of hydrogen-bond acceptors (Lipinski definition) is 5. The molecule has 0 bridgehead atoms. The molecule has 0 saturated heterocycles. The van der Waals surface area contributed by atoms with E-state index in [-0.39, 0.29) is 6.61 Å². The summed E-state index contributed by atoms with van der Waals surface area (Å²) in [4.78, 5) is 10.5. The van der Waals surface area contributed by atoms with Crippen LogP contribution in [0.25, 0.3) is 11.0 Å². The Hall–Kier alpha value is -2.05. The summed E-state index contributed by atoms with van der Waals surface area (Å²) in [7, 11) is 1.62. The number of nitrogens with two attached hydrogens (primary N) is 1. The number of furan rings is 1. The summed E-state index contributed by atoms with van der Waals surface area (Å²) >= 11 is 0. The number of ether oxygens (including phenoxy) is 2. The van der Waals surface area contributed by atoms with Crippen molar-refractivity contribution in [2.24, 2.45) is 5.73 Å². The van der Waals surface area contributed by atoms with Gasteiger partial charge in [0, 0.05) is 11.9 Å². The molecule has 0 aliphatic carbocycles. The van der Waals surface area contributed by atoms with Gasteiger partial charge in [-0.25, -0.2) is 0 Å². The van der Waals surface area contributed by atoms with Crippen molar-refractivity contribution in [3.05, 3.63) is 30.0 Å². The lowest BCUT2D eigenvalue weighted by Crippen LogP contribution is -2.23. The minimum Gasteiger partial charge on any atom is -0.493 e. The van der Waals surface area contributed by atoms with E-state index in [1.807, 2.05) is 24.3 Å². The number of benzene rings is 1. The van der Waals surface area contributed by atoms with E-state index in [1.54, 1.807) is 7.11 Å². The van der Waals surface area contributed by atoms with Crippen LogP contribution < -0.4 is 15.8 Å². The Labute approximate surface area is 116 Å². The molecule has 0 unspecified atom stereocenters. The molecule has 6 nitrogen and oxygen atoms in total. The highest BCUT2D eigenvalue weighted by atomic mass is 16.5. The largest absolute Gasteiger partial charge is 0.493 e. The van der Waals surface area contributed by atoms with Crippen LogP contribution in [-0.4, -0.2) is 32.8 Å². The van der Waals surface area contributed by atoms with Gasteiger partial charge < -0.3 is 24.9 Å². The van der Waals surface area contributed by atoms with Gasteiger partial charge >= 0.3 is 0 Å². The molecular formula is C14H18N2O4. The first-order valence-electron chi connectivity index (χ1n) is 6.33. The lowest BCUT2D eigenvalue weighted by molar-refractivity contribution is -0.122. The molecule has 0 fully saturated rings. The topological polar surface area (TPSA) is 86.7 Å². The Bertz CT molecular complexity index is 580. The predicted octanol–water partition coefficient (Wildman–Crippen LogP) is 1.03. The second-order valence-corrected chi connectivity index (χ2v) is 4.29. The number of hydrogen-bond donors (Lipinski definition) is 2. The summed E-state index contributed by atoms with van der Waals surface area (Å²) in [6.07, 6.45) is 0. The van der Waals surface area contributed by atoms with Crippen molar-refractivity contribution in [3.63, 3.8) is 0 Å². The highest BCUT2D eigenvalue weighted by Crippen LogP contribution is 2.28. The van der Waals surface area contributed by atoms with Gasteiger partial charge in [0.15, 0.2) is 11.3 Å². The zero-order chi connectivity index (χ0) is 14.4. The standard InChI is InChI=1S/C14H18N2O4/c1-18-12-4-2-3-10-7-11(20-14(10)12)8-16-5-6-19-9-13(15)17/h2-4,7,16H,5-6,8-9H2,1H3,(H2,15,17). The fraction of sp³-hybridized carbons (Fsp3) is 0.357. The first-order valence-corrected chi connectivity index (χ1v) is 6.33. The van der Waals surface area contributed by atoms with Crippen molar-refractivity contribution in [2.45, 2.75) is 6.54 Å². The molecule has 0 aliphatic rings. The number of carbonyl (C=O) groups excluding carboxylic acids is 1. The van der Waals surface area contributed by atoms with Gasteiger partial charge in [0.2, 0.25) is 5.91 Å². The van der Waals surface area contributed by atoms with Crippen molar-refractivity contribution < 1.29 is 18.7 Å². The van der Waals surface area contributed by atoms with Crippen LogP contribution in [0.5, 0.6) is 5.75 Å². The summed E-state index contributed by atoms with van der Waals surface area (Å²) in [5.74, 6) is 1.08. The van der Waals surface area contributed by atoms with Crippen LogP contribution >= 0.6 is 0 Å². The summed E-state index contributed by atoms with van der Waals surface area (Å²) in [5, 5.41) is 4.17. The van der Waals surface area contributed by atoms with Gasteiger partial charge in [-0.1, -0.05) is 12.1 Å². The number of carbonyl (C=O) groups is 1. The van der Waals surface area contributed by atoms with Crippen LogP contribution in [0.15, 0.2) is 28.7 Å². The Morgan fingerprint density at radius 2 is 2.30 bits per heavy atom. The monoisotopic (exact) mass is 278 g/mol. The summed E-state index contributed by atoms with van der Waals surface area (Å²) < 4.78 is 16.0. The average Bonchev–Trinajstić information content (AvgIpc) is 2.84. The van der Waals surface area contributed by atoms with E-state index in [2.05, 4.69) is 5.32 Å². The van der Waals surface area contributed by atoms with Gasteiger partial charge in [0.25, 0.3) is 0 Å². The molecule has 1 aromatic carbocycles. The Morgan fingerprint density at radius 3 is 3.05 bits per heavy atom. The zero-order valence-electron chi connectivity index (χ0n) is 11.3. The second-order valence-electron chi connectivity index (χ2n) is 4.29. The van der Waals surface area contributed by atoms with Crippen molar-refractivity contribution in [1.29, 1.82) is 0 Å². The normalized spacial score (nSPS) is 10.8. The van der Waals surface area contributed by atoms with Gasteiger partial charge in [0.1, 0.15) is 12.4 Å². The number of nitrogens with one attached hydrogen (secondary N) is 1. The third-order valence-electron chi connectivity index (χ3n) is 2.75. The van der Waals surface area contributed by atoms with Gasteiger partial charge in [-0.3, -0.25) is 4.79 Å². The van der Waals surface area contributed by atoms with Crippen LogP contribution in [0.3, 0.4) is 0 Å². The number of rotatable bonds is 8. The molecule has 0 radical (unpaired) electrons. The van der Waals surface area contributed by atoms with Crippen LogP contribution in [0.2, 0.25) is 0 Å². The maximum Gasteiger partial charge on any atom is 0.243 e. The van der Waals surface area contributed by atoms with E-state index in [0.29, 0.717) is 19.7 Å². The summed E-state index contributed by atoms with van der Waals surface area (Å²) in [5.41, 5.74) is 5.70. The maximum absolute atomic E-state index is 10.5. The number of primary amides is 1. The van der Waals surface area contributed by atoms with E-state index in [9.17, 15) is 4.79 Å². The number of para-hydroxylation sites is 1. The molecule has 20 heavy (non-hydrogen) atoms. The number of methoxy groups -OCH3 is 1. The van der Waals surface area contributed by atoms with Crippen molar-refractivity contribution >= 4 is 16.9 Å². The van der Waals surface area contributed by atoms with Gasteiger partial charge in [0.05, 0.1) is 20.3 Å². The minimum absolute atomic E-state index is 0.0521.